The van der Waals surface area contributed by atoms with Crippen molar-refractivity contribution in [3.05, 3.63) is 85.4 Å². The molecular weight excluding hydrogens is 464 g/mol. The second kappa shape index (κ2) is 9.65. The van der Waals surface area contributed by atoms with Crippen LogP contribution in [0, 0.1) is 10.1 Å². The van der Waals surface area contributed by atoms with Crippen LogP contribution < -0.4 is 10.3 Å². The lowest BCUT2D eigenvalue weighted by Gasteiger charge is -2.14. The van der Waals surface area contributed by atoms with Gasteiger partial charge in [0.2, 0.25) is 0 Å². The van der Waals surface area contributed by atoms with Crippen LogP contribution in [-0.2, 0) is 0 Å². The van der Waals surface area contributed by atoms with Crippen molar-refractivity contribution in [2.24, 2.45) is 5.10 Å². The SMILES string of the molecule is C=CCOc1ccc([N+](=O)[O-])cc1C=Nn1c([C@@H](C)CC)nc2ccc(Br)cc2c1=O. The molecule has 3 aromatic rings. The molecule has 8 nitrogen and oxygen atoms in total. The number of aromatic nitrogens is 2. The van der Waals surface area contributed by atoms with Gasteiger partial charge in [-0.15, -0.1) is 0 Å². The third kappa shape index (κ3) is 4.88. The second-order valence-electron chi connectivity index (χ2n) is 6.88. The molecule has 9 heteroatoms. The Kier molecular flexibility index (Phi) is 6.96. The Labute approximate surface area is 187 Å². The molecule has 0 aliphatic heterocycles. The number of nitro groups is 1. The van der Waals surface area contributed by atoms with E-state index in [1.54, 1.807) is 18.2 Å². The molecule has 160 valence electrons. The minimum atomic E-state index is -0.500. The van der Waals surface area contributed by atoms with E-state index in [0.29, 0.717) is 28.0 Å². The Morgan fingerprint density at radius 1 is 1.35 bits per heavy atom. The maximum Gasteiger partial charge on any atom is 0.282 e. The van der Waals surface area contributed by atoms with E-state index in [-0.39, 0.29) is 23.8 Å². The topological polar surface area (TPSA) is 99.6 Å². The van der Waals surface area contributed by atoms with Gasteiger partial charge in [0.05, 0.1) is 22.0 Å². The van der Waals surface area contributed by atoms with Crippen molar-refractivity contribution in [1.29, 1.82) is 0 Å². The van der Waals surface area contributed by atoms with E-state index in [1.165, 1.54) is 29.1 Å². The summed E-state index contributed by atoms with van der Waals surface area (Å²) in [6, 6.07) is 9.50. The van der Waals surface area contributed by atoms with E-state index in [9.17, 15) is 14.9 Å². The van der Waals surface area contributed by atoms with Crippen LogP contribution in [0.1, 0.15) is 37.6 Å². The number of rotatable bonds is 8. The first-order valence-electron chi connectivity index (χ1n) is 9.64. The predicted octanol–water partition coefficient (Wildman–Crippen LogP) is 5.03. The standard InChI is InChI=1S/C22H21BrN4O4/c1-4-10-31-20-9-7-17(27(29)30)11-15(20)13-24-26-21(14(3)5-2)25-19-8-6-16(23)12-18(19)22(26)28/h4,6-9,11-14H,1,5,10H2,2-3H3/t14-/m0/s1. The Bertz CT molecular complexity index is 1240. The molecular formula is C22H21BrN4O4. The second-order valence-corrected chi connectivity index (χ2v) is 7.80. The minimum absolute atomic E-state index is 0.0282. The van der Waals surface area contributed by atoms with Gasteiger partial charge in [-0.25, -0.2) is 4.98 Å². The van der Waals surface area contributed by atoms with Gasteiger partial charge in [-0.1, -0.05) is 42.4 Å². The van der Waals surface area contributed by atoms with E-state index < -0.39 is 4.92 Å². The van der Waals surface area contributed by atoms with Gasteiger partial charge in [0.1, 0.15) is 18.2 Å². The molecule has 0 bridgehead atoms. The third-order valence-corrected chi connectivity index (χ3v) is 5.25. The Morgan fingerprint density at radius 3 is 2.81 bits per heavy atom. The van der Waals surface area contributed by atoms with E-state index in [2.05, 4.69) is 32.6 Å². The molecule has 0 fully saturated rings. The largest absolute Gasteiger partial charge is 0.489 e. The summed E-state index contributed by atoms with van der Waals surface area (Å²) >= 11 is 3.38. The Balaban J connectivity index is 2.19. The first kappa shape index (κ1) is 22.4. The number of hydrogen-bond acceptors (Lipinski definition) is 6. The molecule has 0 saturated carbocycles. The highest BCUT2D eigenvalue weighted by atomic mass is 79.9. The van der Waals surface area contributed by atoms with E-state index in [4.69, 9.17) is 4.74 Å². The van der Waals surface area contributed by atoms with Gasteiger partial charge < -0.3 is 4.74 Å². The number of nitro benzene ring substituents is 1. The van der Waals surface area contributed by atoms with Crippen LogP contribution in [0.2, 0.25) is 0 Å². The lowest BCUT2D eigenvalue weighted by atomic mass is 10.1. The van der Waals surface area contributed by atoms with Crippen LogP contribution in [0.4, 0.5) is 5.69 Å². The molecule has 1 atom stereocenters. The van der Waals surface area contributed by atoms with Crippen molar-refractivity contribution in [2.75, 3.05) is 6.61 Å². The summed E-state index contributed by atoms with van der Waals surface area (Å²) in [5.74, 6) is 0.876. The summed E-state index contributed by atoms with van der Waals surface area (Å²) < 4.78 is 7.59. The number of non-ortho nitro benzene ring substituents is 1. The van der Waals surface area contributed by atoms with Crippen LogP contribution in [-0.4, -0.2) is 27.4 Å². The molecule has 0 aliphatic rings. The number of ether oxygens (including phenoxy) is 1. The zero-order valence-electron chi connectivity index (χ0n) is 17.1. The highest BCUT2D eigenvalue weighted by Gasteiger charge is 2.16. The van der Waals surface area contributed by atoms with Crippen LogP contribution in [0.3, 0.4) is 0 Å². The highest BCUT2D eigenvalue weighted by molar-refractivity contribution is 9.10. The molecule has 1 aromatic heterocycles. The van der Waals surface area contributed by atoms with Gasteiger partial charge in [0.15, 0.2) is 0 Å². The van der Waals surface area contributed by atoms with Gasteiger partial charge in [0, 0.05) is 28.1 Å². The molecule has 0 saturated heterocycles. The number of benzene rings is 2. The maximum absolute atomic E-state index is 13.2. The van der Waals surface area contributed by atoms with Crippen LogP contribution in [0.25, 0.3) is 10.9 Å². The van der Waals surface area contributed by atoms with Crippen molar-refractivity contribution in [3.63, 3.8) is 0 Å². The fraction of sp³-hybridized carbons (Fsp3) is 0.227. The molecule has 0 spiro atoms. The summed E-state index contributed by atoms with van der Waals surface area (Å²) in [5.41, 5.74) is 0.520. The smallest absolute Gasteiger partial charge is 0.282 e. The molecule has 0 aliphatic carbocycles. The normalized spacial score (nSPS) is 12.2. The summed E-state index contributed by atoms with van der Waals surface area (Å²) in [5, 5.41) is 16.0. The monoisotopic (exact) mass is 484 g/mol. The van der Waals surface area contributed by atoms with Crippen LogP contribution in [0.5, 0.6) is 5.75 Å². The number of halogens is 1. The average molecular weight is 485 g/mol. The van der Waals surface area contributed by atoms with Gasteiger partial charge in [-0.2, -0.15) is 9.78 Å². The summed E-state index contributed by atoms with van der Waals surface area (Å²) in [7, 11) is 0. The minimum Gasteiger partial charge on any atom is -0.489 e. The molecule has 0 amide bonds. The van der Waals surface area contributed by atoms with Crippen molar-refractivity contribution >= 4 is 38.7 Å². The third-order valence-electron chi connectivity index (χ3n) is 4.76. The lowest BCUT2D eigenvalue weighted by Crippen LogP contribution is -2.23. The van der Waals surface area contributed by atoms with Crippen molar-refractivity contribution < 1.29 is 9.66 Å². The lowest BCUT2D eigenvalue weighted by molar-refractivity contribution is -0.384. The summed E-state index contributed by atoms with van der Waals surface area (Å²) in [4.78, 5) is 28.6. The molecule has 0 N–H and O–H groups in total. The Hall–Kier alpha value is -3.33. The average Bonchev–Trinajstić information content (AvgIpc) is 2.76. The van der Waals surface area contributed by atoms with Crippen LogP contribution in [0.15, 0.2) is 63.4 Å². The maximum atomic E-state index is 13.2. The first-order chi connectivity index (χ1) is 14.8. The molecule has 0 unspecified atom stereocenters. The van der Waals surface area contributed by atoms with Crippen molar-refractivity contribution in [1.82, 2.24) is 9.66 Å². The van der Waals surface area contributed by atoms with E-state index in [0.717, 1.165) is 10.9 Å². The Morgan fingerprint density at radius 2 is 2.13 bits per heavy atom. The summed E-state index contributed by atoms with van der Waals surface area (Å²) in [6.45, 7) is 7.79. The van der Waals surface area contributed by atoms with Crippen LogP contribution >= 0.6 is 15.9 Å². The van der Waals surface area contributed by atoms with Gasteiger partial charge in [-0.05, 0) is 30.7 Å². The molecule has 2 aromatic carbocycles. The first-order valence-corrected chi connectivity index (χ1v) is 10.4. The quantitative estimate of drug-likeness (QED) is 0.193. The molecule has 1 heterocycles. The van der Waals surface area contributed by atoms with Gasteiger partial charge in [-0.3, -0.25) is 14.9 Å². The highest BCUT2D eigenvalue weighted by Crippen LogP contribution is 2.24. The fourth-order valence-electron chi connectivity index (χ4n) is 2.93. The number of fused-ring (bicyclic) bond motifs is 1. The zero-order valence-corrected chi connectivity index (χ0v) is 18.7. The fourth-order valence-corrected chi connectivity index (χ4v) is 3.29. The zero-order chi connectivity index (χ0) is 22.5. The molecule has 0 radical (unpaired) electrons. The molecule has 3 rings (SSSR count). The number of hydrogen-bond donors (Lipinski definition) is 0. The van der Waals surface area contributed by atoms with Crippen molar-refractivity contribution in [3.8, 4) is 5.75 Å². The number of nitrogens with zero attached hydrogens (tertiary/aromatic N) is 4. The van der Waals surface area contributed by atoms with Gasteiger partial charge in [0.25, 0.3) is 11.2 Å². The molecule has 31 heavy (non-hydrogen) atoms. The van der Waals surface area contributed by atoms with E-state index in [1.807, 2.05) is 19.9 Å². The summed E-state index contributed by atoms with van der Waals surface area (Å²) in [6.07, 6.45) is 3.71. The van der Waals surface area contributed by atoms with Gasteiger partial charge >= 0.3 is 0 Å². The van der Waals surface area contributed by atoms with E-state index >= 15 is 0 Å². The predicted molar refractivity (Wildman–Crippen MR) is 124 cm³/mol. The van der Waals surface area contributed by atoms with Crippen molar-refractivity contribution in [2.45, 2.75) is 26.2 Å².